The number of nitrogens with zero attached hydrogens (tertiary/aromatic N) is 1. The monoisotopic (exact) mass is 235 g/mol. The van der Waals surface area contributed by atoms with Gasteiger partial charge in [0.2, 0.25) is 0 Å². The Kier molecular flexibility index (Phi) is 3.79. The number of hydrogen-bond acceptors (Lipinski definition) is 3. The van der Waals surface area contributed by atoms with Crippen LogP contribution in [-0.2, 0) is 11.3 Å². The number of aromatic nitrogens is 1. The van der Waals surface area contributed by atoms with E-state index in [0.29, 0.717) is 12.2 Å². The van der Waals surface area contributed by atoms with Gasteiger partial charge in [-0.2, -0.15) is 5.26 Å². The van der Waals surface area contributed by atoms with Gasteiger partial charge in [0.05, 0.1) is 6.54 Å². The molecule has 5 nitrogen and oxygen atoms in total. The van der Waals surface area contributed by atoms with Gasteiger partial charge < -0.3 is 15.0 Å². The Morgan fingerprint density at radius 2 is 2.24 bits per heavy atom. The van der Waals surface area contributed by atoms with Gasteiger partial charge in [0.15, 0.2) is 0 Å². The van der Waals surface area contributed by atoms with Crippen LogP contribution in [0.25, 0.3) is 0 Å². The first-order chi connectivity index (χ1) is 7.81. The minimum Gasteiger partial charge on any atom is -0.444 e. The van der Waals surface area contributed by atoms with Gasteiger partial charge in [-0.25, -0.2) is 4.79 Å². The van der Waals surface area contributed by atoms with Crippen molar-refractivity contribution in [3.8, 4) is 6.07 Å². The van der Waals surface area contributed by atoms with Crippen LogP contribution in [0, 0.1) is 18.3 Å². The third-order valence-electron chi connectivity index (χ3n) is 2.00. The number of nitriles is 1. The van der Waals surface area contributed by atoms with Crippen molar-refractivity contribution in [2.24, 2.45) is 0 Å². The highest BCUT2D eigenvalue weighted by molar-refractivity contribution is 5.67. The van der Waals surface area contributed by atoms with E-state index in [2.05, 4.69) is 10.3 Å². The van der Waals surface area contributed by atoms with Gasteiger partial charge in [0, 0.05) is 5.69 Å². The van der Waals surface area contributed by atoms with Crippen molar-refractivity contribution in [3.05, 3.63) is 23.0 Å². The third kappa shape index (κ3) is 4.19. The topological polar surface area (TPSA) is 77.9 Å². The molecule has 0 atom stereocenters. The standard InChI is InChI=1S/C12H17N3O2/c1-8-5-9(15-10(8)6-13)7-14-11(16)17-12(2,3)4/h5,15H,7H2,1-4H3,(H,14,16). The molecule has 17 heavy (non-hydrogen) atoms. The lowest BCUT2D eigenvalue weighted by Crippen LogP contribution is -2.32. The molecule has 2 N–H and O–H groups in total. The number of ether oxygens (including phenoxy) is 1. The summed E-state index contributed by atoms with van der Waals surface area (Å²) in [6, 6.07) is 3.87. The van der Waals surface area contributed by atoms with Crippen molar-refractivity contribution in [2.75, 3.05) is 0 Å². The molecule has 1 heterocycles. The van der Waals surface area contributed by atoms with Gasteiger partial charge in [-0.15, -0.1) is 0 Å². The number of aromatic amines is 1. The molecule has 92 valence electrons. The van der Waals surface area contributed by atoms with Gasteiger partial charge >= 0.3 is 6.09 Å². The van der Waals surface area contributed by atoms with Crippen LogP contribution in [0.4, 0.5) is 4.79 Å². The zero-order valence-corrected chi connectivity index (χ0v) is 10.5. The van der Waals surface area contributed by atoms with E-state index >= 15 is 0 Å². The van der Waals surface area contributed by atoms with E-state index < -0.39 is 11.7 Å². The molecule has 0 radical (unpaired) electrons. The number of amides is 1. The van der Waals surface area contributed by atoms with Crippen LogP contribution in [0.15, 0.2) is 6.07 Å². The molecule has 0 spiro atoms. The Bertz CT molecular complexity index is 449. The number of hydrogen-bond donors (Lipinski definition) is 2. The fraction of sp³-hybridized carbons (Fsp3) is 0.500. The molecule has 1 aromatic rings. The van der Waals surface area contributed by atoms with Gasteiger partial charge in [-0.05, 0) is 39.3 Å². The number of rotatable bonds is 2. The minimum absolute atomic E-state index is 0.317. The molecule has 0 saturated heterocycles. The summed E-state index contributed by atoms with van der Waals surface area (Å²) in [7, 11) is 0. The fourth-order valence-corrected chi connectivity index (χ4v) is 1.32. The van der Waals surface area contributed by atoms with Crippen molar-refractivity contribution < 1.29 is 9.53 Å². The number of carbonyl (C=O) groups is 1. The van der Waals surface area contributed by atoms with E-state index in [0.717, 1.165) is 11.3 Å². The highest BCUT2D eigenvalue weighted by Gasteiger charge is 2.15. The Morgan fingerprint density at radius 1 is 1.59 bits per heavy atom. The second-order valence-electron chi connectivity index (χ2n) is 4.82. The zero-order valence-electron chi connectivity index (χ0n) is 10.5. The number of alkyl carbamates (subject to hydrolysis) is 1. The number of carbonyl (C=O) groups excluding carboxylic acids is 1. The lowest BCUT2D eigenvalue weighted by Gasteiger charge is -2.19. The number of H-pyrrole nitrogens is 1. The maximum absolute atomic E-state index is 11.4. The molecule has 0 fully saturated rings. The molecule has 0 saturated carbocycles. The maximum atomic E-state index is 11.4. The van der Waals surface area contributed by atoms with E-state index in [9.17, 15) is 4.79 Å². The lowest BCUT2D eigenvalue weighted by molar-refractivity contribution is 0.0523. The zero-order chi connectivity index (χ0) is 13.1. The Hall–Kier alpha value is -1.96. The normalized spacial score (nSPS) is 10.8. The van der Waals surface area contributed by atoms with Crippen LogP contribution in [0.1, 0.15) is 37.7 Å². The minimum atomic E-state index is -0.506. The molecule has 0 aliphatic rings. The second-order valence-corrected chi connectivity index (χ2v) is 4.82. The summed E-state index contributed by atoms with van der Waals surface area (Å²) in [5.41, 5.74) is 1.66. The summed E-state index contributed by atoms with van der Waals surface area (Å²) >= 11 is 0. The number of nitrogens with one attached hydrogen (secondary N) is 2. The number of aryl methyl sites for hydroxylation is 1. The smallest absolute Gasteiger partial charge is 0.407 e. The molecule has 0 aliphatic heterocycles. The van der Waals surface area contributed by atoms with Gasteiger partial charge in [-0.1, -0.05) is 0 Å². The molecular weight excluding hydrogens is 218 g/mol. The summed E-state index contributed by atoms with van der Waals surface area (Å²) in [6.07, 6.45) is -0.469. The molecule has 1 amide bonds. The predicted octanol–water partition coefficient (Wildman–Crippen LogP) is 2.22. The van der Waals surface area contributed by atoms with E-state index in [1.807, 2.05) is 19.1 Å². The predicted molar refractivity (Wildman–Crippen MR) is 63.3 cm³/mol. The van der Waals surface area contributed by atoms with Crippen LogP contribution in [0.2, 0.25) is 0 Å². The summed E-state index contributed by atoms with van der Waals surface area (Å²) < 4.78 is 5.09. The van der Waals surface area contributed by atoms with E-state index in [1.54, 1.807) is 20.8 Å². The Morgan fingerprint density at radius 3 is 2.71 bits per heavy atom. The molecule has 0 bridgehead atoms. The van der Waals surface area contributed by atoms with Gasteiger partial charge in [-0.3, -0.25) is 0 Å². The summed E-state index contributed by atoms with van der Waals surface area (Å²) in [5, 5.41) is 11.4. The first kappa shape index (κ1) is 13.1. The average molecular weight is 235 g/mol. The highest BCUT2D eigenvalue weighted by Crippen LogP contribution is 2.09. The third-order valence-corrected chi connectivity index (χ3v) is 2.00. The maximum Gasteiger partial charge on any atom is 0.407 e. The second kappa shape index (κ2) is 4.91. The molecular formula is C12H17N3O2. The molecule has 0 unspecified atom stereocenters. The van der Waals surface area contributed by atoms with Crippen molar-refractivity contribution >= 4 is 6.09 Å². The van der Waals surface area contributed by atoms with Crippen LogP contribution < -0.4 is 5.32 Å². The van der Waals surface area contributed by atoms with Crippen molar-refractivity contribution in [3.63, 3.8) is 0 Å². The molecule has 5 heteroatoms. The lowest BCUT2D eigenvalue weighted by atomic mass is 10.2. The van der Waals surface area contributed by atoms with Crippen molar-refractivity contribution in [2.45, 2.75) is 39.8 Å². The first-order valence-electron chi connectivity index (χ1n) is 5.37. The van der Waals surface area contributed by atoms with Crippen LogP contribution in [0.3, 0.4) is 0 Å². The van der Waals surface area contributed by atoms with Crippen LogP contribution in [-0.4, -0.2) is 16.7 Å². The molecule has 1 rings (SSSR count). The Balaban J connectivity index is 2.51. The summed E-state index contributed by atoms with van der Waals surface area (Å²) in [6.45, 7) is 7.57. The van der Waals surface area contributed by atoms with Crippen molar-refractivity contribution in [1.29, 1.82) is 5.26 Å². The quantitative estimate of drug-likeness (QED) is 0.825. The molecule has 1 aromatic heterocycles. The molecule has 0 aromatic carbocycles. The van der Waals surface area contributed by atoms with E-state index in [4.69, 9.17) is 10.00 Å². The van der Waals surface area contributed by atoms with Gasteiger partial charge in [0.25, 0.3) is 0 Å². The van der Waals surface area contributed by atoms with Gasteiger partial charge in [0.1, 0.15) is 17.4 Å². The molecule has 0 aliphatic carbocycles. The summed E-state index contributed by atoms with van der Waals surface area (Å²) in [4.78, 5) is 14.3. The summed E-state index contributed by atoms with van der Waals surface area (Å²) in [5.74, 6) is 0. The van der Waals surface area contributed by atoms with E-state index in [-0.39, 0.29) is 0 Å². The first-order valence-corrected chi connectivity index (χ1v) is 5.37. The largest absolute Gasteiger partial charge is 0.444 e. The fourth-order valence-electron chi connectivity index (χ4n) is 1.32. The SMILES string of the molecule is Cc1cc(CNC(=O)OC(C)(C)C)[nH]c1C#N. The van der Waals surface area contributed by atoms with Crippen LogP contribution in [0.5, 0.6) is 0 Å². The highest BCUT2D eigenvalue weighted by atomic mass is 16.6. The average Bonchev–Trinajstić information content (AvgIpc) is 2.53. The van der Waals surface area contributed by atoms with Crippen LogP contribution >= 0.6 is 0 Å². The Labute approximate surface area is 101 Å². The van der Waals surface area contributed by atoms with Crippen molar-refractivity contribution in [1.82, 2.24) is 10.3 Å². The van der Waals surface area contributed by atoms with E-state index in [1.165, 1.54) is 0 Å².